The predicted molar refractivity (Wildman–Crippen MR) is 85.2 cm³/mol. The number of carbonyl (C=O) groups excluding carboxylic acids is 1. The molecular weight excluding hydrogens is 266 g/mol. The van der Waals surface area contributed by atoms with E-state index in [1.54, 1.807) is 6.08 Å². The van der Waals surface area contributed by atoms with Gasteiger partial charge in [0.25, 0.3) is 0 Å². The minimum Gasteiger partial charge on any atom is -0.415 e. The van der Waals surface area contributed by atoms with E-state index in [1.165, 1.54) is 0 Å². The van der Waals surface area contributed by atoms with E-state index in [4.69, 9.17) is 4.43 Å². The van der Waals surface area contributed by atoms with Crippen molar-refractivity contribution >= 4 is 14.4 Å². The quantitative estimate of drug-likeness (QED) is 0.452. The molecule has 0 spiro atoms. The monoisotopic (exact) mass is 291 g/mol. The predicted octanol–water partition coefficient (Wildman–Crippen LogP) is 3.96. The van der Waals surface area contributed by atoms with Crippen LogP contribution in [0.2, 0.25) is 18.1 Å². The molecule has 0 radical (unpaired) electrons. The van der Waals surface area contributed by atoms with Gasteiger partial charge in [-0.1, -0.05) is 51.1 Å². The lowest BCUT2D eigenvalue weighted by Gasteiger charge is -2.36. The molecule has 0 aromatic heterocycles. The summed E-state index contributed by atoms with van der Waals surface area (Å²) in [7, 11) is -1.80. The SMILES string of the molecule is CC(C)(C)[Si](C)(C)OC[C@@H](Cc1ccccc1)N=C=O. The minimum atomic E-state index is -1.80. The third-order valence-corrected chi connectivity index (χ3v) is 8.49. The Morgan fingerprint density at radius 1 is 1.25 bits per heavy atom. The van der Waals surface area contributed by atoms with Crippen molar-refractivity contribution in [2.75, 3.05) is 6.61 Å². The second kappa shape index (κ2) is 6.98. The van der Waals surface area contributed by atoms with Crippen LogP contribution in [-0.4, -0.2) is 27.0 Å². The van der Waals surface area contributed by atoms with Gasteiger partial charge in [-0.05, 0) is 30.1 Å². The average Bonchev–Trinajstić information content (AvgIpc) is 2.36. The Morgan fingerprint density at radius 3 is 2.35 bits per heavy atom. The molecule has 4 heteroatoms. The van der Waals surface area contributed by atoms with Gasteiger partial charge < -0.3 is 4.43 Å². The first-order chi connectivity index (χ1) is 9.26. The first kappa shape index (κ1) is 16.8. The summed E-state index contributed by atoms with van der Waals surface area (Å²) in [5, 5.41) is 0.162. The highest BCUT2D eigenvalue weighted by Gasteiger charge is 2.37. The van der Waals surface area contributed by atoms with Crippen molar-refractivity contribution in [3.05, 3.63) is 35.9 Å². The summed E-state index contributed by atoms with van der Waals surface area (Å²) in [6.07, 6.45) is 2.39. The lowest BCUT2D eigenvalue weighted by molar-refractivity contribution is 0.263. The van der Waals surface area contributed by atoms with Crippen LogP contribution in [0, 0.1) is 0 Å². The molecule has 0 fully saturated rings. The maximum Gasteiger partial charge on any atom is 0.235 e. The fraction of sp³-hybridized carbons (Fsp3) is 0.562. The van der Waals surface area contributed by atoms with Crippen LogP contribution in [0.1, 0.15) is 26.3 Å². The van der Waals surface area contributed by atoms with Crippen LogP contribution in [-0.2, 0) is 15.6 Å². The summed E-state index contributed by atoms with van der Waals surface area (Å²) < 4.78 is 6.15. The highest BCUT2D eigenvalue weighted by Crippen LogP contribution is 2.36. The molecule has 110 valence electrons. The van der Waals surface area contributed by atoms with Gasteiger partial charge in [0.05, 0.1) is 12.6 Å². The molecule has 0 N–H and O–H groups in total. The molecular formula is C16H25NO2Si. The van der Waals surface area contributed by atoms with Gasteiger partial charge in [0.15, 0.2) is 8.32 Å². The van der Waals surface area contributed by atoms with Crippen LogP contribution in [0.4, 0.5) is 0 Å². The lowest BCUT2D eigenvalue weighted by Crippen LogP contribution is -2.42. The number of aliphatic imine (C=N–C) groups is 1. The largest absolute Gasteiger partial charge is 0.415 e. The fourth-order valence-electron chi connectivity index (χ4n) is 1.62. The Labute approximate surface area is 123 Å². The second-order valence-electron chi connectivity index (χ2n) is 6.64. The van der Waals surface area contributed by atoms with E-state index in [2.05, 4.69) is 38.9 Å². The van der Waals surface area contributed by atoms with Gasteiger partial charge in [0.1, 0.15) is 0 Å². The summed E-state index contributed by atoms with van der Waals surface area (Å²) in [5.74, 6) is 0. The molecule has 0 aliphatic carbocycles. The molecule has 0 bridgehead atoms. The number of benzene rings is 1. The first-order valence-electron chi connectivity index (χ1n) is 7.01. The standard InChI is InChI=1S/C16H25NO2Si/c1-16(2,3)20(4,5)19-12-15(17-13-18)11-14-9-7-6-8-10-14/h6-10,15H,11-12H2,1-5H3/t15-/m1/s1. The molecule has 1 aromatic rings. The molecule has 0 unspecified atom stereocenters. The number of nitrogens with zero attached hydrogens (tertiary/aromatic N) is 1. The maximum absolute atomic E-state index is 10.6. The topological polar surface area (TPSA) is 38.7 Å². The smallest absolute Gasteiger partial charge is 0.235 e. The summed E-state index contributed by atoms with van der Waals surface area (Å²) >= 11 is 0. The van der Waals surface area contributed by atoms with Crippen molar-refractivity contribution in [3.8, 4) is 0 Å². The third kappa shape index (κ3) is 5.04. The van der Waals surface area contributed by atoms with Crippen molar-refractivity contribution in [3.63, 3.8) is 0 Å². The fourth-order valence-corrected chi connectivity index (χ4v) is 2.67. The van der Waals surface area contributed by atoms with Gasteiger partial charge >= 0.3 is 0 Å². The molecule has 0 aliphatic heterocycles. The summed E-state index contributed by atoms with van der Waals surface area (Å²) in [4.78, 5) is 14.5. The number of hydrogen-bond acceptors (Lipinski definition) is 3. The molecule has 3 nitrogen and oxygen atoms in total. The molecule has 0 heterocycles. The molecule has 0 amide bonds. The summed E-state index contributed by atoms with van der Waals surface area (Å²) in [6.45, 7) is 11.5. The van der Waals surface area contributed by atoms with Crippen LogP contribution in [0.5, 0.6) is 0 Å². The van der Waals surface area contributed by atoms with E-state index >= 15 is 0 Å². The van der Waals surface area contributed by atoms with E-state index in [1.807, 2.05) is 30.3 Å². The first-order valence-corrected chi connectivity index (χ1v) is 9.92. The van der Waals surface area contributed by atoms with Crippen molar-refractivity contribution in [1.82, 2.24) is 0 Å². The second-order valence-corrected chi connectivity index (χ2v) is 11.4. The van der Waals surface area contributed by atoms with Crippen molar-refractivity contribution in [1.29, 1.82) is 0 Å². The number of isocyanates is 1. The zero-order chi connectivity index (χ0) is 15.2. The van der Waals surface area contributed by atoms with Gasteiger partial charge in [0, 0.05) is 0 Å². The van der Waals surface area contributed by atoms with Crippen LogP contribution < -0.4 is 0 Å². The third-order valence-electron chi connectivity index (χ3n) is 3.99. The zero-order valence-electron chi connectivity index (χ0n) is 13.1. The molecule has 1 rings (SSSR count). The van der Waals surface area contributed by atoms with Crippen LogP contribution in [0.25, 0.3) is 0 Å². The van der Waals surface area contributed by atoms with Crippen LogP contribution in [0.3, 0.4) is 0 Å². The van der Waals surface area contributed by atoms with E-state index in [0.717, 1.165) is 5.56 Å². The van der Waals surface area contributed by atoms with Crippen molar-refractivity contribution in [2.24, 2.45) is 4.99 Å². The molecule has 1 aromatic carbocycles. The van der Waals surface area contributed by atoms with E-state index in [-0.39, 0.29) is 11.1 Å². The van der Waals surface area contributed by atoms with Gasteiger partial charge in [-0.3, -0.25) is 0 Å². The molecule has 0 saturated carbocycles. The van der Waals surface area contributed by atoms with Gasteiger partial charge in [-0.2, -0.15) is 4.99 Å². The summed E-state index contributed by atoms with van der Waals surface area (Å²) in [5.41, 5.74) is 1.16. The Hall–Kier alpha value is -1.22. The number of hydrogen-bond donors (Lipinski definition) is 0. The molecule has 0 saturated heterocycles. The van der Waals surface area contributed by atoms with E-state index in [0.29, 0.717) is 13.0 Å². The Morgan fingerprint density at radius 2 is 1.85 bits per heavy atom. The van der Waals surface area contributed by atoms with Crippen molar-refractivity contribution < 1.29 is 9.22 Å². The Kier molecular flexibility index (Phi) is 5.87. The molecule has 1 atom stereocenters. The highest BCUT2D eigenvalue weighted by molar-refractivity contribution is 6.74. The Balaban J connectivity index is 2.67. The van der Waals surface area contributed by atoms with Gasteiger partial charge in [-0.15, -0.1) is 0 Å². The number of rotatable bonds is 6. The Bertz CT molecular complexity index is 459. The van der Waals surface area contributed by atoms with Crippen LogP contribution in [0.15, 0.2) is 35.3 Å². The van der Waals surface area contributed by atoms with E-state index in [9.17, 15) is 4.79 Å². The van der Waals surface area contributed by atoms with Gasteiger partial charge in [-0.25, -0.2) is 4.79 Å². The highest BCUT2D eigenvalue weighted by atomic mass is 28.4. The molecule has 20 heavy (non-hydrogen) atoms. The van der Waals surface area contributed by atoms with Gasteiger partial charge in [0.2, 0.25) is 6.08 Å². The average molecular weight is 291 g/mol. The van der Waals surface area contributed by atoms with Crippen LogP contribution >= 0.6 is 0 Å². The maximum atomic E-state index is 10.6. The molecule has 0 aliphatic rings. The van der Waals surface area contributed by atoms with Crippen molar-refractivity contribution in [2.45, 2.75) is 51.4 Å². The lowest BCUT2D eigenvalue weighted by atomic mass is 10.1. The van der Waals surface area contributed by atoms with E-state index < -0.39 is 8.32 Å². The normalized spacial score (nSPS) is 13.7. The zero-order valence-corrected chi connectivity index (χ0v) is 14.1. The minimum absolute atomic E-state index is 0.149. The summed E-state index contributed by atoms with van der Waals surface area (Å²) in [6, 6.07) is 9.90.